The Morgan fingerprint density at radius 1 is 1.30 bits per heavy atom. The molecule has 5 heteroatoms. The molecule has 3 unspecified atom stereocenters. The van der Waals surface area contributed by atoms with Gasteiger partial charge in [0.2, 0.25) is 0 Å². The predicted molar refractivity (Wildman–Crippen MR) is 83.0 cm³/mol. The molecule has 0 heterocycles. The van der Waals surface area contributed by atoms with E-state index in [0.717, 1.165) is 12.1 Å². The van der Waals surface area contributed by atoms with Gasteiger partial charge in [-0.25, -0.2) is 4.72 Å². The van der Waals surface area contributed by atoms with E-state index in [1.54, 1.807) is 24.3 Å². The Morgan fingerprint density at radius 2 is 1.85 bits per heavy atom. The van der Waals surface area contributed by atoms with E-state index < -0.39 is 11.4 Å². The van der Waals surface area contributed by atoms with Crippen LogP contribution in [0.5, 0.6) is 0 Å². The molecule has 1 fully saturated rings. The van der Waals surface area contributed by atoms with Crippen molar-refractivity contribution in [3.05, 3.63) is 29.8 Å². The molecule has 20 heavy (non-hydrogen) atoms. The number of amides is 1. The fourth-order valence-electron chi connectivity index (χ4n) is 1.72. The van der Waals surface area contributed by atoms with Crippen LogP contribution >= 0.6 is 0 Å². The molecular formula is C15H22N2O2S. The summed E-state index contributed by atoms with van der Waals surface area (Å²) >= 11 is -1.16. The number of rotatable bonds is 4. The van der Waals surface area contributed by atoms with Crippen LogP contribution in [-0.2, 0) is 11.4 Å². The molecule has 0 spiro atoms. The molecule has 1 aromatic rings. The lowest BCUT2D eigenvalue weighted by molar-refractivity contribution is 0.0949. The summed E-state index contributed by atoms with van der Waals surface area (Å²) in [7, 11) is 0. The van der Waals surface area contributed by atoms with Crippen LogP contribution in [-0.4, -0.2) is 21.2 Å². The summed E-state index contributed by atoms with van der Waals surface area (Å²) < 4.78 is 14.6. The lowest BCUT2D eigenvalue weighted by Gasteiger charge is -2.23. The van der Waals surface area contributed by atoms with Gasteiger partial charge in [-0.1, -0.05) is 6.92 Å². The van der Waals surface area contributed by atoms with Crippen molar-refractivity contribution in [1.29, 1.82) is 0 Å². The third-order valence-electron chi connectivity index (χ3n) is 3.34. The largest absolute Gasteiger partial charge is 0.593 e. The van der Waals surface area contributed by atoms with Crippen LogP contribution < -0.4 is 10.0 Å². The summed E-state index contributed by atoms with van der Waals surface area (Å²) in [5, 5.41) is 2.99. The predicted octanol–water partition coefficient (Wildman–Crippen LogP) is 2.70. The van der Waals surface area contributed by atoms with Crippen molar-refractivity contribution in [2.75, 3.05) is 4.72 Å². The van der Waals surface area contributed by atoms with E-state index in [-0.39, 0.29) is 10.7 Å². The molecule has 1 amide bonds. The summed E-state index contributed by atoms with van der Waals surface area (Å²) in [5.74, 6) is 0.553. The normalized spacial score (nSPS) is 23.1. The molecule has 4 nitrogen and oxygen atoms in total. The second-order valence-corrected chi connectivity index (χ2v) is 8.32. The highest BCUT2D eigenvalue weighted by atomic mass is 32.2. The minimum atomic E-state index is -1.16. The summed E-state index contributed by atoms with van der Waals surface area (Å²) in [4.78, 5) is 11.9. The van der Waals surface area contributed by atoms with E-state index >= 15 is 0 Å². The van der Waals surface area contributed by atoms with Gasteiger partial charge in [0.1, 0.15) is 4.75 Å². The monoisotopic (exact) mass is 294 g/mol. The van der Waals surface area contributed by atoms with Gasteiger partial charge in [0, 0.05) is 11.6 Å². The number of carbonyl (C=O) groups excluding carboxylic acids is 1. The van der Waals surface area contributed by atoms with Crippen molar-refractivity contribution in [3.8, 4) is 0 Å². The minimum Gasteiger partial charge on any atom is -0.593 e. The topological polar surface area (TPSA) is 64.2 Å². The maximum absolute atomic E-state index is 12.0. The average Bonchev–Trinajstić information content (AvgIpc) is 3.04. The Balaban J connectivity index is 1.94. The first kappa shape index (κ1) is 15.2. The number of hydrogen-bond donors (Lipinski definition) is 2. The molecule has 1 saturated carbocycles. The van der Waals surface area contributed by atoms with Gasteiger partial charge < -0.3 is 9.87 Å². The van der Waals surface area contributed by atoms with Crippen LogP contribution in [0.2, 0.25) is 0 Å². The molecule has 2 rings (SSSR count). The minimum absolute atomic E-state index is 0.0390. The molecule has 0 radical (unpaired) electrons. The molecule has 1 aliphatic rings. The van der Waals surface area contributed by atoms with Crippen LogP contribution in [0.1, 0.15) is 44.5 Å². The Morgan fingerprint density at radius 3 is 2.30 bits per heavy atom. The van der Waals surface area contributed by atoms with Crippen molar-refractivity contribution < 1.29 is 9.35 Å². The van der Waals surface area contributed by atoms with E-state index in [1.165, 1.54) is 0 Å². The van der Waals surface area contributed by atoms with Crippen molar-refractivity contribution >= 4 is 23.0 Å². The van der Waals surface area contributed by atoms with Crippen molar-refractivity contribution in [2.45, 2.75) is 44.9 Å². The Labute approximate surface area is 123 Å². The van der Waals surface area contributed by atoms with E-state index in [0.29, 0.717) is 17.5 Å². The molecule has 0 aromatic heterocycles. The highest BCUT2D eigenvalue weighted by molar-refractivity contribution is 7.94. The number of anilines is 1. The fourth-order valence-corrected chi connectivity index (χ4v) is 2.38. The summed E-state index contributed by atoms with van der Waals surface area (Å²) in [6.07, 6.45) is 1.07. The summed E-state index contributed by atoms with van der Waals surface area (Å²) in [6, 6.07) is 7.41. The molecular weight excluding hydrogens is 272 g/mol. The van der Waals surface area contributed by atoms with Gasteiger partial charge in [-0.05, 0) is 57.4 Å². The molecule has 1 aromatic carbocycles. The second kappa shape index (κ2) is 5.66. The summed E-state index contributed by atoms with van der Waals surface area (Å²) in [5.41, 5.74) is 1.39. The van der Waals surface area contributed by atoms with Gasteiger partial charge in [-0.2, -0.15) is 0 Å². The van der Waals surface area contributed by atoms with Crippen LogP contribution in [0.3, 0.4) is 0 Å². The SMILES string of the molecule is CC1CC1NC(=O)c1ccc(N[S+]([O-])C(C)(C)C)cc1. The number of carbonyl (C=O) groups is 1. The highest BCUT2D eigenvalue weighted by Gasteiger charge is 2.34. The Kier molecular flexibility index (Phi) is 4.30. The zero-order valence-corrected chi connectivity index (χ0v) is 13.2. The highest BCUT2D eigenvalue weighted by Crippen LogP contribution is 2.29. The summed E-state index contributed by atoms with van der Waals surface area (Å²) in [6.45, 7) is 7.86. The average molecular weight is 294 g/mol. The number of benzene rings is 1. The van der Waals surface area contributed by atoms with Gasteiger partial charge in [0.05, 0.1) is 17.0 Å². The van der Waals surface area contributed by atoms with Crippen molar-refractivity contribution in [1.82, 2.24) is 5.32 Å². The van der Waals surface area contributed by atoms with Gasteiger partial charge in [-0.3, -0.25) is 4.79 Å². The van der Waals surface area contributed by atoms with Crippen molar-refractivity contribution in [2.24, 2.45) is 5.92 Å². The molecule has 0 aliphatic heterocycles. The van der Waals surface area contributed by atoms with E-state index in [1.807, 2.05) is 20.8 Å². The Hall–Kier alpha value is -1.20. The fraction of sp³-hybridized carbons (Fsp3) is 0.533. The standard InChI is InChI=1S/C15H22N2O2S/c1-10-9-13(10)16-14(18)11-5-7-12(8-6-11)17-20(19)15(2,3)4/h5-8,10,13,17H,9H2,1-4H3,(H,16,18). The second-order valence-electron chi connectivity index (χ2n) is 6.35. The molecule has 0 saturated heterocycles. The smallest absolute Gasteiger partial charge is 0.251 e. The molecule has 1 aliphatic carbocycles. The number of nitrogens with one attached hydrogen (secondary N) is 2. The van der Waals surface area contributed by atoms with Gasteiger partial charge in [0.15, 0.2) is 0 Å². The lowest BCUT2D eigenvalue weighted by atomic mass is 10.2. The zero-order valence-electron chi connectivity index (χ0n) is 12.4. The first-order chi connectivity index (χ1) is 9.27. The molecule has 3 atom stereocenters. The number of hydrogen-bond acceptors (Lipinski definition) is 3. The van der Waals surface area contributed by atoms with Gasteiger partial charge in [0.25, 0.3) is 5.91 Å². The Bertz CT molecular complexity index is 482. The maximum Gasteiger partial charge on any atom is 0.251 e. The molecule has 2 N–H and O–H groups in total. The van der Waals surface area contributed by atoms with E-state index in [9.17, 15) is 9.35 Å². The molecule has 0 bridgehead atoms. The zero-order chi connectivity index (χ0) is 14.9. The van der Waals surface area contributed by atoms with Crippen LogP contribution in [0.15, 0.2) is 24.3 Å². The quantitative estimate of drug-likeness (QED) is 0.839. The third-order valence-corrected chi connectivity index (χ3v) is 4.87. The van der Waals surface area contributed by atoms with Crippen LogP contribution in [0, 0.1) is 5.92 Å². The van der Waals surface area contributed by atoms with Crippen LogP contribution in [0.25, 0.3) is 0 Å². The van der Waals surface area contributed by atoms with E-state index in [2.05, 4.69) is 17.0 Å². The first-order valence-electron chi connectivity index (χ1n) is 6.87. The van der Waals surface area contributed by atoms with Gasteiger partial charge >= 0.3 is 0 Å². The first-order valence-corrected chi connectivity index (χ1v) is 8.02. The molecule has 110 valence electrons. The van der Waals surface area contributed by atoms with Gasteiger partial charge in [-0.15, -0.1) is 0 Å². The lowest BCUT2D eigenvalue weighted by Crippen LogP contribution is -2.33. The third kappa shape index (κ3) is 3.90. The van der Waals surface area contributed by atoms with E-state index in [4.69, 9.17) is 0 Å². The van der Waals surface area contributed by atoms with Crippen molar-refractivity contribution in [3.63, 3.8) is 0 Å². The maximum atomic E-state index is 12.0. The van der Waals surface area contributed by atoms with Crippen LogP contribution in [0.4, 0.5) is 5.69 Å².